The number of sulfonamides is 1. The number of carbonyl (C=O) groups excluding carboxylic acids is 1. The highest BCUT2D eigenvalue weighted by molar-refractivity contribution is 7.89. The number of urea groups is 1. The Kier molecular flexibility index (Phi) is 4.71. The van der Waals surface area contributed by atoms with Crippen LogP contribution in [0, 0.1) is 6.92 Å². The standard InChI is InChI=1S/C17H21N3O4S/c1-13-15(19-17(21)18-14-8-4-2-5-9-14)12-16(24-13)25(22,23)20-10-6-3-7-11-20/h2,4-5,8-9,12H,3,6-7,10-11H2,1H3,(H2,18,19,21)/i8T. The van der Waals surface area contributed by atoms with Gasteiger partial charge in [0.2, 0.25) is 5.09 Å². The normalized spacial score (nSPS) is 16.3. The first-order chi connectivity index (χ1) is 12.4. The van der Waals surface area contributed by atoms with Crippen LogP contribution in [0.25, 0.3) is 0 Å². The molecule has 0 saturated carbocycles. The van der Waals surface area contributed by atoms with Crippen molar-refractivity contribution in [1.82, 2.24) is 4.31 Å². The second kappa shape index (κ2) is 7.28. The van der Waals surface area contributed by atoms with Gasteiger partial charge in [0.25, 0.3) is 10.0 Å². The lowest BCUT2D eigenvalue weighted by molar-refractivity contribution is 0.262. The summed E-state index contributed by atoms with van der Waals surface area (Å²) >= 11 is 0. The average molecular weight is 365 g/mol. The smallest absolute Gasteiger partial charge is 0.323 e. The van der Waals surface area contributed by atoms with Crippen molar-refractivity contribution in [2.45, 2.75) is 31.3 Å². The summed E-state index contributed by atoms with van der Waals surface area (Å²) in [7, 11) is -3.70. The van der Waals surface area contributed by atoms with Gasteiger partial charge in [-0.3, -0.25) is 0 Å². The minimum absolute atomic E-state index is 0.173. The topological polar surface area (TPSA) is 91.7 Å². The van der Waals surface area contributed by atoms with Crippen molar-refractivity contribution >= 4 is 27.4 Å². The van der Waals surface area contributed by atoms with E-state index in [0.717, 1.165) is 19.3 Å². The van der Waals surface area contributed by atoms with Gasteiger partial charge in [-0.15, -0.1) is 0 Å². The minimum Gasteiger partial charge on any atom is -0.446 e. The summed E-state index contributed by atoms with van der Waals surface area (Å²) in [4.78, 5) is 12.1. The number of anilines is 2. The van der Waals surface area contributed by atoms with Gasteiger partial charge in [-0.05, 0) is 31.9 Å². The van der Waals surface area contributed by atoms with Crippen LogP contribution in [0.3, 0.4) is 0 Å². The van der Waals surface area contributed by atoms with E-state index >= 15 is 0 Å². The fourth-order valence-corrected chi connectivity index (χ4v) is 4.18. The summed E-state index contributed by atoms with van der Waals surface area (Å²) in [5.41, 5.74) is 0.632. The van der Waals surface area contributed by atoms with Crippen molar-refractivity contribution in [1.29, 1.82) is 0 Å². The van der Waals surface area contributed by atoms with E-state index in [1.807, 2.05) is 0 Å². The van der Waals surface area contributed by atoms with E-state index in [1.54, 1.807) is 31.2 Å². The van der Waals surface area contributed by atoms with Crippen LogP contribution in [0.15, 0.2) is 45.9 Å². The zero-order valence-corrected chi connectivity index (χ0v) is 14.7. The highest BCUT2D eigenvalue weighted by Crippen LogP contribution is 2.27. The van der Waals surface area contributed by atoms with E-state index in [0.29, 0.717) is 24.5 Å². The van der Waals surface area contributed by atoms with Crippen LogP contribution in [-0.4, -0.2) is 31.8 Å². The van der Waals surface area contributed by atoms with Crippen molar-refractivity contribution in [3.8, 4) is 0 Å². The fourth-order valence-electron chi connectivity index (χ4n) is 2.69. The molecule has 3 rings (SSSR count). The van der Waals surface area contributed by atoms with Crippen molar-refractivity contribution in [2.24, 2.45) is 0 Å². The quantitative estimate of drug-likeness (QED) is 0.868. The lowest BCUT2D eigenvalue weighted by Gasteiger charge is -2.24. The molecule has 134 valence electrons. The molecule has 8 heteroatoms. The van der Waals surface area contributed by atoms with Crippen molar-refractivity contribution in [2.75, 3.05) is 23.7 Å². The Hall–Kier alpha value is -2.32. The average Bonchev–Trinajstić information content (AvgIpc) is 2.99. The highest BCUT2D eigenvalue weighted by Gasteiger charge is 2.30. The van der Waals surface area contributed by atoms with Crippen LogP contribution >= 0.6 is 0 Å². The number of para-hydroxylation sites is 1. The number of amides is 2. The molecule has 0 atom stereocenters. The summed E-state index contributed by atoms with van der Waals surface area (Å²) in [6.45, 7) is 2.54. The summed E-state index contributed by atoms with van der Waals surface area (Å²) in [5, 5.41) is 4.96. The molecule has 0 radical (unpaired) electrons. The molecule has 1 aromatic heterocycles. The van der Waals surface area contributed by atoms with Gasteiger partial charge in [0.05, 0.1) is 7.06 Å². The van der Waals surface area contributed by atoms with E-state index < -0.39 is 16.1 Å². The van der Waals surface area contributed by atoms with Gasteiger partial charge in [-0.1, -0.05) is 24.6 Å². The van der Waals surface area contributed by atoms with Crippen LogP contribution in [0.4, 0.5) is 16.2 Å². The van der Waals surface area contributed by atoms with Crippen molar-refractivity contribution < 1.29 is 19.0 Å². The van der Waals surface area contributed by atoms with E-state index in [9.17, 15) is 13.2 Å². The summed E-state index contributed by atoms with van der Waals surface area (Å²) < 4.78 is 39.9. The van der Waals surface area contributed by atoms with Gasteiger partial charge < -0.3 is 15.1 Å². The molecule has 2 amide bonds. The third kappa shape index (κ3) is 4.02. The number of benzene rings is 1. The van der Waals surface area contributed by atoms with Gasteiger partial charge in [-0.2, -0.15) is 4.31 Å². The number of furan rings is 1. The third-order valence-corrected chi connectivity index (χ3v) is 5.76. The molecule has 0 aliphatic carbocycles. The molecule has 2 aromatic rings. The molecule has 1 aliphatic rings. The first-order valence-corrected chi connectivity index (χ1v) is 9.56. The SMILES string of the molecule is [3H]c1ccccc1NC(=O)Nc1cc(S(=O)(=O)N2CCCCC2)oc1C. The lowest BCUT2D eigenvalue weighted by atomic mass is 10.2. The molecule has 2 N–H and O–H groups in total. The first kappa shape index (κ1) is 16.2. The Morgan fingerprint density at radius 1 is 1.20 bits per heavy atom. The molecular formula is C17H21N3O4S. The molecule has 1 aromatic carbocycles. The Labute approximate surface area is 148 Å². The van der Waals surface area contributed by atoms with Gasteiger partial charge in [0.15, 0.2) is 0 Å². The van der Waals surface area contributed by atoms with E-state index in [4.69, 9.17) is 5.79 Å². The maximum atomic E-state index is 12.7. The van der Waals surface area contributed by atoms with E-state index in [2.05, 4.69) is 10.6 Å². The van der Waals surface area contributed by atoms with Crippen molar-refractivity contribution in [3.05, 3.63) is 42.1 Å². The number of nitrogens with one attached hydrogen (secondary N) is 2. The second-order valence-corrected chi connectivity index (χ2v) is 7.72. The molecule has 25 heavy (non-hydrogen) atoms. The second-order valence-electron chi connectivity index (χ2n) is 5.86. The largest absolute Gasteiger partial charge is 0.446 e. The number of aryl methyl sites for hydroxylation is 1. The molecule has 0 unspecified atom stereocenters. The van der Waals surface area contributed by atoms with Crippen LogP contribution in [0.1, 0.15) is 26.4 Å². The van der Waals surface area contributed by atoms with Gasteiger partial charge in [0, 0.05) is 24.8 Å². The molecule has 1 saturated heterocycles. The van der Waals surface area contributed by atoms with Gasteiger partial charge in [0.1, 0.15) is 5.76 Å². The summed E-state index contributed by atoms with van der Waals surface area (Å²) in [5.74, 6) is 0.301. The molecule has 1 fully saturated rings. The number of hydrogen-bond donors (Lipinski definition) is 2. The van der Waals surface area contributed by atoms with Crippen LogP contribution in [-0.2, 0) is 10.0 Å². The predicted octanol–water partition coefficient (Wildman–Crippen LogP) is 3.41. The molecule has 2 heterocycles. The number of rotatable bonds is 4. The summed E-state index contributed by atoms with van der Waals surface area (Å²) in [6, 6.07) is 7.50. The zero-order valence-electron chi connectivity index (χ0n) is 14.9. The summed E-state index contributed by atoms with van der Waals surface area (Å²) in [6.07, 6.45) is 2.69. The van der Waals surface area contributed by atoms with Crippen molar-refractivity contribution in [3.63, 3.8) is 0 Å². The molecule has 1 aliphatic heterocycles. The van der Waals surface area contributed by atoms with E-state index in [1.165, 1.54) is 10.4 Å². The third-order valence-electron chi connectivity index (χ3n) is 4.01. The number of piperidine rings is 1. The van der Waals surface area contributed by atoms with Gasteiger partial charge in [-0.25, -0.2) is 13.2 Å². The monoisotopic (exact) mass is 365 g/mol. The van der Waals surface area contributed by atoms with Crippen LogP contribution < -0.4 is 10.6 Å². The molecule has 0 spiro atoms. The lowest BCUT2D eigenvalue weighted by Crippen LogP contribution is -2.35. The van der Waals surface area contributed by atoms with Crippen LogP contribution in [0.5, 0.6) is 0 Å². The Morgan fingerprint density at radius 2 is 1.96 bits per heavy atom. The number of carbonyl (C=O) groups is 1. The molecule has 7 nitrogen and oxygen atoms in total. The fraction of sp³-hybridized carbons (Fsp3) is 0.353. The zero-order chi connectivity index (χ0) is 18.7. The highest BCUT2D eigenvalue weighted by atomic mass is 32.2. The number of hydrogen-bond acceptors (Lipinski definition) is 4. The molecule has 0 bridgehead atoms. The maximum Gasteiger partial charge on any atom is 0.323 e. The predicted molar refractivity (Wildman–Crippen MR) is 95.1 cm³/mol. The Morgan fingerprint density at radius 3 is 2.68 bits per heavy atom. The van der Waals surface area contributed by atoms with Gasteiger partial charge >= 0.3 is 6.03 Å². The molecular weight excluding hydrogens is 342 g/mol. The van der Waals surface area contributed by atoms with E-state index in [-0.39, 0.29) is 16.8 Å². The number of nitrogens with zero attached hydrogens (tertiary/aromatic N) is 1. The Balaban J connectivity index is 1.74. The maximum absolute atomic E-state index is 12.7. The van der Waals surface area contributed by atoms with Crippen LogP contribution in [0.2, 0.25) is 0 Å². The Bertz CT molecular complexity index is 904. The minimum atomic E-state index is -3.70. The first-order valence-electron chi connectivity index (χ1n) is 8.62.